The van der Waals surface area contributed by atoms with E-state index >= 15 is 0 Å². The largest absolute Gasteiger partial charge is 0.489 e. The lowest BCUT2D eigenvalue weighted by molar-refractivity contribution is 0.100. The first-order chi connectivity index (χ1) is 17.3. The molecule has 1 amide bonds. The molecule has 0 radical (unpaired) electrons. The summed E-state index contributed by atoms with van der Waals surface area (Å²) in [6.45, 7) is 6.24. The number of carbonyl (C=O) groups is 1. The molecule has 3 N–H and O–H groups in total. The highest BCUT2D eigenvalue weighted by atomic mass is 32.1. The van der Waals surface area contributed by atoms with Crippen molar-refractivity contribution in [3.05, 3.63) is 47.1 Å². The number of piperidine rings is 1. The molecule has 36 heavy (non-hydrogen) atoms. The van der Waals surface area contributed by atoms with Crippen molar-refractivity contribution in [1.29, 1.82) is 0 Å². The second-order valence-corrected chi connectivity index (χ2v) is 10.6. The van der Waals surface area contributed by atoms with Crippen LogP contribution in [0.15, 0.2) is 36.7 Å². The molecule has 0 aliphatic carbocycles. The number of ether oxygens (including phenoxy) is 1. The summed E-state index contributed by atoms with van der Waals surface area (Å²) in [7, 11) is 4.00. The molecule has 0 unspecified atom stereocenters. The highest BCUT2D eigenvalue weighted by Gasteiger charge is 2.23. The SMILES string of the molecule is CC(C)Oc1cc(C2CCN(C)CC2)ccc1Nc1ncc2sc(C(N)=O)c(-c3ccn(C)n3)c2n1. The Hall–Kier alpha value is -3.50. The maximum atomic E-state index is 12.2. The highest BCUT2D eigenvalue weighted by molar-refractivity contribution is 7.21. The molecule has 188 valence electrons. The molecule has 1 aliphatic heterocycles. The van der Waals surface area contributed by atoms with Gasteiger partial charge in [-0.2, -0.15) is 5.10 Å². The van der Waals surface area contributed by atoms with Gasteiger partial charge in [-0.3, -0.25) is 9.48 Å². The lowest BCUT2D eigenvalue weighted by Gasteiger charge is -2.29. The molecule has 1 aromatic carbocycles. The lowest BCUT2D eigenvalue weighted by Crippen LogP contribution is -2.29. The molecule has 0 spiro atoms. The fraction of sp³-hybridized carbons (Fsp3) is 0.385. The number of aryl methyl sites for hydroxylation is 1. The number of hydrogen-bond donors (Lipinski definition) is 2. The van der Waals surface area contributed by atoms with Crippen LogP contribution in [0.5, 0.6) is 5.75 Å². The molecule has 0 bridgehead atoms. The Kier molecular flexibility index (Phi) is 6.63. The molecular weight excluding hydrogens is 474 g/mol. The van der Waals surface area contributed by atoms with Crippen molar-refractivity contribution in [3.8, 4) is 17.0 Å². The first-order valence-corrected chi connectivity index (χ1v) is 13.0. The number of rotatable bonds is 7. The number of amides is 1. The minimum Gasteiger partial charge on any atom is -0.489 e. The third-order valence-electron chi connectivity index (χ3n) is 6.43. The Morgan fingerprint density at radius 3 is 2.67 bits per heavy atom. The summed E-state index contributed by atoms with van der Waals surface area (Å²) in [4.78, 5) is 24.3. The molecule has 3 aromatic heterocycles. The van der Waals surface area contributed by atoms with E-state index in [1.165, 1.54) is 16.9 Å². The number of nitrogens with zero attached hydrogens (tertiary/aromatic N) is 5. The van der Waals surface area contributed by atoms with Crippen LogP contribution >= 0.6 is 11.3 Å². The highest BCUT2D eigenvalue weighted by Crippen LogP contribution is 2.38. The van der Waals surface area contributed by atoms with Crippen LogP contribution in [0.1, 0.15) is 47.8 Å². The van der Waals surface area contributed by atoms with E-state index in [2.05, 4.69) is 39.5 Å². The summed E-state index contributed by atoms with van der Waals surface area (Å²) in [6, 6.07) is 8.20. The zero-order valence-corrected chi connectivity index (χ0v) is 21.8. The van der Waals surface area contributed by atoms with E-state index in [4.69, 9.17) is 15.5 Å². The second-order valence-electron chi connectivity index (χ2n) is 9.58. The Balaban J connectivity index is 1.51. The van der Waals surface area contributed by atoms with Crippen LogP contribution < -0.4 is 15.8 Å². The number of anilines is 2. The molecule has 9 nitrogen and oxygen atoms in total. The van der Waals surface area contributed by atoms with E-state index < -0.39 is 5.91 Å². The van der Waals surface area contributed by atoms with E-state index in [0.717, 1.165) is 42.1 Å². The van der Waals surface area contributed by atoms with Crippen molar-refractivity contribution in [3.63, 3.8) is 0 Å². The summed E-state index contributed by atoms with van der Waals surface area (Å²) >= 11 is 1.28. The Morgan fingerprint density at radius 2 is 2.00 bits per heavy atom. The number of benzene rings is 1. The summed E-state index contributed by atoms with van der Waals surface area (Å²) in [5, 5.41) is 7.81. The monoisotopic (exact) mass is 505 g/mol. The van der Waals surface area contributed by atoms with Gasteiger partial charge in [-0.05, 0) is 76.5 Å². The number of nitrogens with two attached hydrogens (primary N) is 1. The lowest BCUT2D eigenvalue weighted by atomic mass is 9.89. The summed E-state index contributed by atoms with van der Waals surface area (Å²) < 4.78 is 8.64. The number of carbonyl (C=O) groups excluding carboxylic acids is 1. The fourth-order valence-electron chi connectivity index (χ4n) is 4.62. The van der Waals surface area contributed by atoms with Gasteiger partial charge >= 0.3 is 0 Å². The van der Waals surface area contributed by atoms with Crippen molar-refractivity contribution in [2.24, 2.45) is 12.8 Å². The first-order valence-electron chi connectivity index (χ1n) is 12.1. The molecular formula is C26H31N7O2S. The van der Waals surface area contributed by atoms with Crippen molar-refractivity contribution < 1.29 is 9.53 Å². The Morgan fingerprint density at radius 1 is 1.22 bits per heavy atom. The third-order valence-corrected chi connectivity index (χ3v) is 7.56. The Bertz CT molecular complexity index is 1400. The van der Waals surface area contributed by atoms with E-state index in [-0.39, 0.29) is 6.10 Å². The maximum Gasteiger partial charge on any atom is 0.259 e. The van der Waals surface area contributed by atoms with Crippen molar-refractivity contribution >= 4 is 39.1 Å². The van der Waals surface area contributed by atoms with Gasteiger partial charge in [0.1, 0.15) is 10.6 Å². The second kappa shape index (κ2) is 9.87. The van der Waals surface area contributed by atoms with E-state index in [1.807, 2.05) is 39.2 Å². The van der Waals surface area contributed by atoms with Gasteiger partial charge < -0.3 is 20.7 Å². The molecule has 1 fully saturated rings. The molecule has 0 atom stereocenters. The normalized spacial score (nSPS) is 15.0. The van der Waals surface area contributed by atoms with Gasteiger partial charge in [0, 0.05) is 13.2 Å². The van der Waals surface area contributed by atoms with Crippen molar-refractivity contribution in [2.45, 2.75) is 38.7 Å². The molecule has 4 heterocycles. The molecule has 0 saturated carbocycles. The molecule has 4 aromatic rings. The summed E-state index contributed by atoms with van der Waals surface area (Å²) in [6.07, 6.45) is 5.84. The average molecular weight is 506 g/mol. The van der Waals surface area contributed by atoms with Crippen LogP contribution in [0.25, 0.3) is 21.5 Å². The smallest absolute Gasteiger partial charge is 0.259 e. The predicted molar refractivity (Wildman–Crippen MR) is 143 cm³/mol. The standard InChI is InChI=1S/C26H31N7O2S/c1-15(2)35-20-13-17(16-7-10-32(3)11-8-16)5-6-18(20)29-26-28-14-21-23(30-26)22(24(36-21)25(27)34)19-9-12-33(4)31-19/h5-6,9,12-16H,7-8,10-11H2,1-4H3,(H2,27,34)(H,28,29,30). The molecule has 10 heteroatoms. The van der Waals surface area contributed by atoms with Gasteiger partial charge in [-0.25, -0.2) is 9.97 Å². The van der Waals surface area contributed by atoms with Crippen LogP contribution in [0, 0.1) is 0 Å². The fourth-order valence-corrected chi connectivity index (χ4v) is 5.60. The van der Waals surface area contributed by atoms with Gasteiger partial charge in [0.2, 0.25) is 5.95 Å². The van der Waals surface area contributed by atoms with Crippen molar-refractivity contribution in [1.82, 2.24) is 24.6 Å². The van der Waals surface area contributed by atoms with E-state index in [9.17, 15) is 4.79 Å². The number of nitrogens with one attached hydrogen (secondary N) is 1. The molecule has 5 rings (SSSR count). The van der Waals surface area contributed by atoms with Gasteiger partial charge in [0.25, 0.3) is 5.91 Å². The quantitative estimate of drug-likeness (QED) is 0.380. The minimum absolute atomic E-state index is 0.0208. The van der Waals surface area contributed by atoms with Gasteiger partial charge in [0.05, 0.1) is 39.5 Å². The van der Waals surface area contributed by atoms with Crippen LogP contribution in [0.4, 0.5) is 11.6 Å². The number of thiophene rings is 1. The number of likely N-dealkylation sites (tertiary alicyclic amines) is 1. The van der Waals surface area contributed by atoms with E-state index in [1.54, 1.807) is 10.9 Å². The maximum absolute atomic E-state index is 12.2. The van der Waals surface area contributed by atoms with Gasteiger partial charge in [-0.15, -0.1) is 11.3 Å². The third kappa shape index (κ3) is 4.91. The molecule has 1 saturated heterocycles. The molecule has 1 aliphatic rings. The zero-order valence-electron chi connectivity index (χ0n) is 21.0. The first kappa shape index (κ1) is 24.2. The van der Waals surface area contributed by atoms with Gasteiger partial charge in [0.15, 0.2) is 0 Å². The number of hydrogen-bond acceptors (Lipinski definition) is 8. The van der Waals surface area contributed by atoms with Crippen LogP contribution in [-0.2, 0) is 7.05 Å². The number of primary amides is 1. The topological polar surface area (TPSA) is 111 Å². The summed E-state index contributed by atoms with van der Waals surface area (Å²) in [5.41, 5.74) is 9.69. The Labute approximate surface area is 214 Å². The number of fused-ring (bicyclic) bond motifs is 1. The van der Waals surface area contributed by atoms with E-state index in [0.29, 0.717) is 33.5 Å². The van der Waals surface area contributed by atoms with Crippen LogP contribution in [-0.4, -0.2) is 56.8 Å². The minimum atomic E-state index is -0.509. The van der Waals surface area contributed by atoms with Gasteiger partial charge in [-0.1, -0.05) is 6.07 Å². The van der Waals surface area contributed by atoms with Crippen molar-refractivity contribution in [2.75, 3.05) is 25.5 Å². The van der Waals surface area contributed by atoms with Crippen LogP contribution in [0.3, 0.4) is 0 Å². The zero-order chi connectivity index (χ0) is 25.4. The average Bonchev–Trinajstić information content (AvgIpc) is 3.43. The number of aromatic nitrogens is 4. The predicted octanol–water partition coefficient (Wildman–Crippen LogP) is 4.53. The van der Waals surface area contributed by atoms with Crippen LogP contribution in [0.2, 0.25) is 0 Å². The summed E-state index contributed by atoms with van der Waals surface area (Å²) in [5.74, 6) is 1.20.